The second kappa shape index (κ2) is 7.22. The number of rotatable bonds is 3. The molecule has 2 atom stereocenters. The highest BCUT2D eigenvalue weighted by Crippen LogP contribution is 2.26. The molecular weight excluding hydrogens is 268 g/mol. The lowest BCUT2D eigenvalue weighted by molar-refractivity contribution is -0.124. The third-order valence-corrected chi connectivity index (χ3v) is 4.75. The second-order valence-electron chi connectivity index (χ2n) is 6.42. The van der Waals surface area contributed by atoms with Gasteiger partial charge < -0.3 is 5.32 Å². The smallest absolute Gasteiger partial charge is 0.321 e. The van der Waals surface area contributed by atoms with E-state index in [9.17, 15) is 9.59 Å². The van der Waals surface area contributed by atoms with Crippen molar-refractivity contribution in [2.75, 3.05) is 33.2 Å². The van der Waals surface area contributed by atoms with Gasteiger partial charge in [0, 0.05) is 39.3 Å². The molecule has 1 saturated carbocycles. The van der Waals surface area contributed by atoms with Gasteiger partial charge >= 0.3 is 6.03 Å². The molecule has 0 bridgehead atoms. The summed E-state index contributed by atoms with van der Waals surface area (Å²) in [6.07, 6.45) is 3.99. The zero-order chi connectivity index (χ0) is 15.4. The minimum atomic E-state index is -0.439. The van der Waals surface area contributed by atoms with Gasteiger partial charge in [0.15, 0.2) is 0 Å². The van der Waals surface area contributed by atoms with E-state index in [1.54, 1.807) is 0 Å². The molecule has 21 heavy (non-hydrogen) atoms. The summed E-state index contributed by atoms with van der Waals surface area (Å²) in [5, 5.41) is 4.79. The van der Waals surface area contributed by atoms with Gasteiger partial charge in [-0.25, -0.2) is 4.79 Å². The molecule has 3 amide bonds. The van der Waals surface area contributed by atoms with Crippen LogP contribution in [-0.4, -0.2) is 67.0 Å². The number of nitrogens with zero attached hydrogens (tertiary/aromatic N) is 2. The first-order valence-electron chi connectivity index (χ1n) is 8.02. The van der Waals surface area contributed by atoms with Crippen LogP contribution in [0.2, 0.25) is 0 Å². The molecule has 2 aliphatic rings. The van der Waals surface area contributed by atoms with Crippen LogP contribution in [-0.2, 0) is 4.79 Å². The van der Waals surface area contributed by atoms with E-state index in [2.05, 4.69) is 27.4 Å². The maximum Gasteiger partial charge on any atom is 0.321 e. The van der Waals surface area contributed by atoms with Gasteiger partial charge in [0.1, 0.15) is 0 Å². The van der Waals surface area contributed by atoms with Crippen LogP contribution in [0.15, 0.2) is 0 Å². The molecule has 2 rings (SSSR count). The zero-order valence-electron chi connectivity index (χ0n) is 13.4. The quantitative estimate of drug-likeness (QED) is 0.802. The van der Waals surface area contributed by atoms with Crippen LogP contribution in [0.5, 0.6) is 0 Å². The Kier molecular flexibility index (Phi) is 5.58. The predicted octanol–water partition coefficient (Wildman–Crippen LogP) is 0.637. The summed E-state index contributed by atoms with van der Waals surface area (Å²) >= 11 is 0. The van der Waals surface area contributed by atoms with E-state index in [-0.39, 0.29) is 11.9 Å². The van der Waals surface area contributed by atoms with E-state index in [1.165, 1.54) is 26.3 Å². The molecule has 0 aromatic carbocycles. The lowest BCUT2D eigenvalue weighted by Crippen LogP contribution is -2.50. The molecule has 0 radical (unpaired) electrons. The van der Waals surface area contributed by atoms with Gasteiger partial charge in [-0.3, -0.25) is 19.9 Å². The number of nitrogens with one attached hydrogen (secondary N) is 2. The van der Waals surface area contributed by atoms with Crippen molar-refractivity contribution in [3.63, 3.8) is 0 Å². The van der Waals surface area contributed by atoms with Gasteiger partial charge in [0.2, 0.25) is 5.91 Å². The Morgan fingerprint density at radius 2 is 1.90 bits per heavy atom. The monoisotopic (exact) mass is 296 g/mol. The van der Waals surface area contributed by atoms with Crippen molar-refractivity contribution in [1.82, 2.24) is 20.4 Å². The van der Waals surface area contributed by atoms with E-state index in [4.69, 9.17) is 0 Å². The van der Waals surface area contributed by atoms with Gasteiger partial charge in [-0.05, 0) is 25.7 Å². The number of amides is 3. The fourth-order valence-corrected chi connectivity index (χ4v) is 3.18. The second-order valence-corrected chi connectivity index (χ2v) is 6.42. The summed E-state index contributed by atoms with van der Waals surface area (Å²) < 4.78 is 0. The third kappa shape index (κ3) is 4.17. The number of imide groups is 1. The predicted molar refractivity (Wildman–Crippen MR) is 82.0 cm³/mol. The molecule has 0 aromatic rings. The molecule has 1 saturated heterocycles. The fourth-order valence-electron chi connectivity index (χ4n) is 3.18. The SMILES string of the molecule is CNC(=O)NC(=O)C(C)N1CCN(C2CCC2)CC(C)C1. The van der Waals surface area contributed by atoms with Gasteiger partial charge in [0.25, 0.3) is 0 Å². The van der Waals surface area contributed by atoms with E-state index in [0.29, 0.717) is 5.92 Å². The van der Waals surface area contributed by atoms with Crippen LogP contribution in [0.1, 0.15) is 33.1 Å². The van der Waals surface area contributed by atoms with Gasteiger partial charge in [-0.15, -0.1) is 0 Å². The van der Waals surface area contributed by atoms with Crippen molar-refractivity contribution in [3.05, 3.63) is 0 Å². The number of hydrogen-bond acceptors (Lipinski definition) is 4. The number of urea groups is 1. The standard InChI is InChI=1S/C15H28N4O2/c1-11-9-18(12(2)14(20)17-15(21)16-3)7-8-19(10-11)13-5-4-6-13/h11-13H,4-10H2,1-3H3,(H2,16,17,20,21). The van der Waals surface area contributed by atoms with Crippen LogP contribution in [0, 0.1) is 5.92 Å². The first-order valence-corrected chi connectivity index (χ1v) is 8.02. The Morgan fingerprint density at radius 1 is 1.19 bits per heavy atom. The molecule has 0 spiro atoms. The van der Waals surface area contributed by atoms with E-state index < -0.39 is 6.03 Å². The van der Waals surface area contributed by atoms with Crippen LogP contribution in [0.4, 0.5) is 4.79 Å². The molecule has 1 aliphatic carbocycles. The minimum absolute atomic E-state index is 0.223. The average Bonchev–Trinajstić information content (AvgIpc) is 2.57. The Labute approximate surface area is 127 Å². The van der Waals surface area contributed by atoms with E-state index in [1.807, 2.05) is 6.92 Å². The van der Waals surface area contributed by atoms with Gasteiger partial charge in [0.05, 0.1) is 6.04 Å². The zero-order valence-corrected chi connectivity index (χ0v) is 13.4. The number of hydrogen-bond donors (Lipinski definition) is 2. The summed E-state index contributed by atoms with van der Waals surface area (Å²) in [4.78, 5) is 28.1. The van der Waals surface area contributed by atoms with Crippen LogP contribution >= 0.6 is 0 Å². The first-order chi connectivity index (χ1) is 10.0. The highest BCUT2D eigenvalue weighted by atomic mass is 16.2. The first kappa shape index (κ1) is 16.2. The molecule has 0 aromatic heterocycles. The maximum absolute atomic E-state index is 12.1. The number of carbonyl (C=O) groups excluding carboxylic acids is 2. The molecular formula is C15H28N4O2. The molecule has 6 nitrogen and oxygen atoms in total. The fraction of sp³-hybridized carbons (Fsp3) is 0.867. The Morgan fingerprint density at radius 3 is 2.48 bits per heavy atom. The highest BCUT2D eigenvalue weighted by Gasteiger charge is 2.31. The molecule has 1 heterocycles. The highest BCUT2D eigenvalue weighted by molar-refractivity contribution is 5.96. The lowest BCUT2D eigenvalue weighted by Gasteiger charge is -2.37. The van der Waals surface area contributed by atoms with Crippen molar-refractivity contribution in [2.45, 2.75) is 45.2 Å². The van der Waals surface area contributed by atoms with Crippen molar-refractivity contribution in [3.8, 4) is 0 Å². The molecule has 2 fully saturated rings. The van der Waals surface area contributed by atoms with Crippen LogP contribution in [0.25, 0.3) is 0 Å². The van der Waals surface area contributed by atoms with Crippen molar-refractivity contribution < 1.29 is 9.59 Å². The average molecular weight is 296 g/mol. The third-order valence-electron chi connectivity index (χ3n) is 4.75. The maximum atomic E-state index is 12.1. The molecule has 120 valence electrons. The molecule has 6 heteroatoms. The van der Waals surface area contributed by atoms with Crippen molar-refractivity contribution in [1.29, 1.82) is 0 Å². The van der Waals surface area contributed by atoms with Crippen molar-refractivity contribution >= 4 is 11.9 Å². The lowest BCUT2D eigenvalue weighted by atomic mass is 9.91. The van der Waals surface area contributed by atoms with Crippen LogP contribution in [0.3, 0.4) is 0 Å². The van der Waals surface area contributed by atoms with Crippen molar-refractivity contribution in [2.24, 2.45) is 5.92 Å². The van der Waals surface area contributed by atoms with E-state index >= 15 is 0 Å². The normalized spacial score (nSPS) is 26.5. The summed E-state index contributed by atoms with van der Waals surface area (Å²) in [6, 6.07) is 0.0410. The van der Waals surface area contributed by atoms with Crippen LogP contribution < -0.4 is 10.6 Å². The molecule has 2 N–H and O–H groups in total. The van der Waals surface area contributed by atoms with Gasteiger partial charge in [-0.2, -0.15) is 0 Å². The summed E-state index contributed by atoms with van der Waals surface area (Å²) in [7, 11) is 1.51. The molecule has 2 unspecified atom stereocenters. The Bertz CT molecular complexity index is 384. The topological polar surface area (TPSA) is 64.7 Å². The van der Waals surface area contributed by atoms with E-state index in [0.717, 1.165) is 32.2 Å². The summed E-state index contributed by atoms with van der Waals surface area (Å²) in [5.41, 5.74) is 0. The molecule has 1 aliphatic heterocycles. The minimum Gasteiger partial charge on any atom is -0.341 e. The number of carbonyl (C=O) groups is 2. The summed E-state index contributed by atoms with van der Waals surface area (Å²) in [5.74, 6) is 0.321. The van der Waals surface area contributed by atoms with Gasteiger partial charge in [-0.1, -0.05) is 13.3 Å². The Balaban J connectivity index is 1.90. The largest absolute Gasteiger partial charge is 0.341 e. The summed E-state index contributed by atoms with van der Waals surface area (Å²) in [6.45, 7) is 8.06. The Hall–Kier alpha value is -1.14.